The van der Waals surface area contributed by atoms with Crippen molar-refractivity contribution in [2.75, 3.05) is 7.11 Å². The molecular weight excluding hydrogens is 438 g/mol. The minimum absolute atomic E-state index is 0.0689. The number of carbonyl (C=O) groups is 1. The molecule has 0 radical (unpaired) electrons. The largest absolute Gasteiger partial charge is 0.496 e. The van der Waals surface area contributed by atoms with Crippen LogP contribution in [-0.2, 0) is 6.61 Å². The van der Waals surface area contributed by atoms with E-state index in [0.717, 1.165) is 16.7 Å². The van der Waals surface area contributed by atoms with Crippen molar-refractivity contribution in [1.29, 1.82) is 0 Å². The second-order valence-electron chi connectivity index (χ2n) is 6.87. The fraction of sp³-hybridized carbons (Fsp3) is 0.160. The lowest BCUT2D eigenvalue weighted by Crippen LogP contribution is -2.03. The van der Waals surface area contributed by atoms with Crippen molar-refractivity contribution < 1.29 is 27.8 Å². The summed E-state index contributed by atoms with van der Waals surface area (Å²) in [6, 6.07) is 16.5. The SMILES string of the molecule is COc1ccc(/C=C/C(=O)c2cccc(OC(F)F)c2)cc1COc1ccc(Cl)cc1C. The molecule has 3 rings (SSSR count). The van der Waals surface area contributed by atoms with Crippen LogP contribution in [0.3, 0.4) is 0 Å². The summed E-state index contributed by atoms with van der Waals surface area (Å²) >= 11 is 5.99. The zero-order valence-electron chi connectivity index (χ0n) is 17.5. The van der Waals surface area contributed by atoms with Gasteiger partial charge in [-0.2, -0.15) is 8.78 Å². The number of hydrogen-bond donors (Lipinski definition) is 0. The van der Waals surface area contributed by atoms with Crippen LogP contribution in [0.15, 0.2) is 66.7 Å². The molecule has 0 amide bonds. The number of hydrogen-bond acceptors (Lipinski definition) is 4. The summed E-state index contributed by atoms with van der Waals surface area (Å²) < 4.78 is 40.4. The van der Waals surface area contributed by atoms with E-state index in [2.05, 4.69) is 4.74 Å². The molecule has 4 nitrogen and oxygen atoms in total. The normalized spacial score (nSPS) is 11.1. The Balaban J connectivity index is 1.74. The first-order valence-electron chi connectivity index (χ1n) is 9.69. The molecule has 3 aromatic rings. The number of carbonyl (C=O) groups excluding carboxylic acids is 1. The average molecular weight is 459 g/mol. The molecule has 7 heteroatoms. The lowest BCUT2D eigenvalue weighted by Gasteiger charge is -2.13. The topological polar surface area (TPSA) is 44.8 Å². The fourth-order valence-electron chi connectivity index (χ4n) is 3.04. The highest BCUT2D eigenvalue weighted by molar-refractivity contribution is 6.30. The Kier molecular flexibility index (Phi) is 7.84. The molecule has 0 N–H and O–H groups in total. The summed E-state index contributed by atoms with van der Waals surface area (Å²) in [6.45, 7) is -0.786. The number of ether oxygens (including phenoxy) is 3. The minimum atomic E-state index is -2.95. The van der Waals surface area contributed by atoms with Gasteiger partial charge in [0.05, 0.1) is 7.11 Å². The smallest absolute Gasteiger partial charge is 0.387 e. The van der Waals surface area contributed by atoms with Crippen molar-refractivity contribution >= 4 is 23.5 Å². The maximum absolute atomic E-state index is 12.4. The van der Waals surface area contributed by atoms with E-state index >= 15 is 0 Å². The van der Waals surface area contributed by atoms with E-state index in [1.54, 1.807) is 37.5 Å². The number of allylic oxidation sites excluding steroid dienone is 1. The maximum atomic E-state index is 12.4. The predicted molar refractivity (Wildman–Crippen MR) is 120 cm³/mol. The van der Waals surface area contributed by atoms with Crippen LogP contribution >= 0.6 is 11.6 Å². The molecule has 0 spiro atoms. The third kappa shape index (κ3) is 6.31. The summed E-state index contributed by atoms with van der Waals surface area (Å²) in [7, 11) is 1.57. The Labute approximate surface area is 190 Å². The third-order valence-electron chi connectivity index (χ3n) is 4.60. The molecular formula is C25H21ClF2O4. The van der Waals surface area contributed by atoms with E-state index in [-0.39, 0.29) is 23.7 Å². The Morgan fingerprint density at radius 1 is 1.06 bits per heavy atom. The van der Waals surface area contributed by atoms with Crippen LogP contribution < -0.4 is 14.2 Å². The summed E-state index contributed by atoms with van der Waals surface area (Å²) in [6.07, 6.45) is 3.01. The zero-order valence-corrected chi connectivity index (χ0v) is 18.2. The van der Waals surface area contributed by atoms with E-state index in [0.29, 0.717) is 16.5 Å². The van der Waals surface area contributed by atoms with Gasteiger partial charge in [-0.05, 0) is 66.6 Å². The molecule has 0 bridgehead atoms. The van der Waals surface area contributed by atoms with Gasteiger partial charge in [0.2, 0.25) is 0 Å². The second-order valence-corrected chi connectivity index (χ2v) is 7.31. The number of benzene rings is 3. The summed E-state index contributed by atoms with van der Waals surface area (Å²) in [5, 5.41) is 0.635. The molecule has 0 saturated carbocycles. The molecule has 0 aliphatic heterocycles. The Morgan fingerprint density at radius 2 is 1.84 bits per heavy atom. The Morgan fingerprint density at radius 3 is 2.56 bits per heavy atom. The number of methoxy groups -OCH3 is 1. The fourth-order valence-corrected chi connectivity index (χ4v) is 3.27. The molecule has 0 unspecified atom stereocenters. The molecule has 0 heterocycles. The first-order valence-corrected chi connectivity index (χ1v) is 10.1. The van der Waals surface area contributed by atoms with Gasteiger partial charge in [-0.25, -0.2) is 0 Å². The highest BCUT2D eigenvalue weighted by Gasteiger charge is 2.09. The standard InChI is InChI=1S/C25H21ClF2O4/c1-16-12-20(26)8-11-23(16)31-15-19-13-17(7-10-24(19)30-2)6-9-22(29)18-4-3-5-21(14-18)32-25(27)28/h3-14,25H,15H2,1-2H3/b9-6+. The summed E-state index contributed by atoms with van der Waals surface area (Å²) in [4.78, 5) is 12.4. The van der Waals surface area contributed by atoms with E-state index < -0.39 is 6.61 Å². The van der Waals surface area contributed by atoms with Crippen LogP contribution in [0.2, 0.25) is 5.02 Å². The van der Waals surface area contributed by atoms with E-state index in [9.17, 15) is 13.6 Å². The molecule has 0 fully saturated rings. The van der Waals surface area contributed by atoms with Gasteiger partial charge in [0.25, 0.3) is 0 Å². The molecule has 0 saturated heterocycles. The van der Waals surface area contributed by atoms with Gasteiger partial charge in [0.1, 0.15) is 23.9 Å². The van der Waals surface area contributed by atoms with Crippen molar-refractivity contribution in [3.05, 3.63) is 94.0 Å². The minimum Gasteiger partial charge on any atom is -0.496 e. The average Bonchev–Trinajstić information content (AvgIpc) is 2.76. The third-order valence-corrected chi connectivity index (χ3v) is 4.83. The van der Waals surface area contributed by atoms with Crippen LogP contribution in [0.1, 0.15) is 27.0 Å². The van der Waals surface area contributed by atoms with Gasteiger partial charge in [0.15, 0.2) is 5.78 Å². The van der Waals surface area contributed by atoms with Crippen molar-refractivity contribution in [2.45, 2.75) is 20.1 Å². The van der Waals surface area contributed by atoms with E-state index in [1.165, 1.54) is 30.3 Å². The Hall–Kier alpha value is -3.38. The van der Waals surface area contributed by atoms with Gasteiger partial charge in [-0.1, -0.05) is 35.9 Å². The number of ketones is 1. The van der Waals surface area contributed by atoms with Crippen molar-refractivity contribution in [3.63, 3.8) is 0 Å². The van der Waals surface area contributed by atoms with Gasteiger partial charge in [-0.3, -0.25) is 4.79 Å². The van der Waals surface area contributed by atoms with Crippen LogP contribution in [-0.4, -0.2) is 19.5 Å². The predicted octanol–water partition coefficient (Wildman–Crippen LogP) is 6.73. The number of rotatable bonds is 9. The zero-order chi connectivity index (χ0) is 23.1. The number of halogens is 3. The quantitative estimate of drug-likeness (QED) is 0.263. The maximum Gasteiger partial charge on any atom is 0.387 e. The molecule has 0 aliphatic carbocycles. The molecule has 0 atom stereocenters. The lowest BCUT2D eigenvalue weighted by atomic mass is 10.1. The summed E-state index contributed by atoms with van der Waals surface area (Å²) in [5.41, 5.74) is 2.71. The van der Waals surface area contributed by atoms with Gasteiger partial charge in [-0.15, -0.1) is 0 Å². The van der Waals surface area contributed by atoms with E-state index in [1.807, 2.05) is 19.1 Å². The van der Waals surface area contributed by atoms with Crippen molar-refractivity contribution in [3.8, 4) is 17.2 Å². The second kappa shape index (κ2) is 10.8. The lowest BCUT2D eigenvalue weighted by molar-refractivity contribution is -0.0498. The molecule has 0 aliphatic rings. The number of alkyl halides is 2. The molecule has 3 aromatic carbocycles. The monoisotopic (exact) mass is 458 g/mol. The van der Waals surface area contributed by atoms with Crippen LogP contribution in [0.5, 0.6) is 17.2 Å². The molecule has 0 aromatic heterocycles. The molecule has 32 heavy (non-hydrogen) atoms. The summed E-state index contributed by atoms with van der Waals surface area (Å²) in [5.74, 6) is 0.950. The highest BCUT2D eigenvalue weighted by atomic mass is 35.5. The van der Waals surface area contributed by atoms with Crippen molar-refractivity contribution in [2.24, 2.45) is 0 Å². The van der Waals surface area contributed by atoms with Crippen molar-refractivity contribution in [1.82, 2.24) is 0 Å². The van der Waals surface area contributed by atoms with Gasteiger partial charge >= 0.3 is 6.61 Å². The first-order chi connectivity index (χ1) is 15.4. The first kappa shape index (κ1) is 23.3. The van der Waals surface area contributed by atoms with Gasteiger partial charge < -0.3 is 14.2 Å². The van der Waals surface area contributed by atoms with E-state index in [4.69, 9.17) is 21.1 Å². The van der Waals surface area contributed by atoms with Crippen LogP contribution in [0.25, 0.3) is 6.08 Å². The van der Waals surface area contributed by atoms with Gasteiger partial charge in [0, 0.05) is 16.1 Å². The van der Waals surface area contributed by atoms with Crippen LogP contribution in [0.4, 0.5) is 8.78 Å². The number of aryl methyl sites for hydroxylation is 1. The highest BCUT2D eigenvalue weighted by Crippen LogP contribution is 2.26. The van der Waals surface area contributed by atoms with Crippen LogP contribution in [0, 0.1) is 6.92 Å². The molecule has 166 valence electrons. The Bertz CT molecular complexity index is 1130.